The number of hydrogen-bond acceptors (Lipinski definition) is 6. The summed E-state index contributed by atoms with van der Waals surface area (Å²) < 4.78 is 1.96. The Morgan fingerprint density at radius 2 is 2.12 bits per heavy atom. The van der Waals surface area contributed by atoms with E-state index in [-0.39, 0.29) is 10.8 Å². The van der Waals surface area contributed by atoms with Crippen molar-refractivity contribution in [3.63, 3.8) is 0 Å². The number of nitrogens with one attached hydrogen (secondary N) is 1. The Morgan fingerprint density at radius 3 is 2.69 bits per heavy atom. The molecular weight excluding hydrogens is 234 g/mol. The number of hydrogen-bond donors (Lipinski definition) is 2. The van der Waals surface area contributed by atoms with Gasteiger partial charge in [-0.3, -0.25) is 19.6 Å². The molecule has 0 spiro atoms. The average Bonchev–Trinajstić information content (AvgIpc) is 2.28. The Kier molecular flexibility index (Phi) is 3.85. The molecule has 1 aromatic heterocycles. The Bertz CT molecular complexity index is 520. The van der Waals surface area contributed by atoms with Crippen LogP contribution in [-0.2, 0) is 18.9 Å². The van der Waals surface area contributed by atoms with Gasteiger partial charge in [0.25, 0.3) is 5.56 Å². The first-order valence-electron chi connectivity index (χ1n) is 4.24. The fourth-order valence-electron chi connectivity index (χ4n) is 0.935. The minimum atomic E-state index is -0.530. The molecule has 1 aromatic rings. The number of carbonyl (C=O) groups is 1. The van der Waals surface area contributed by atoms with E-state index in [2.05, 4.69) is 5.10 Å². The fourth-order valence-corrected chi connectivity index (χ4v) is 1.73. The predicted molar refractivity (Wildman–Crippen MR) is 57.8 cm³/mol. The van der Waals surface area contributed by atoms with E-state index >= 15 is 0 Å². The van der Waals surface area contributed by atoms with E-state index in [1.165, 1.54) is 14.1 Å². The summed E-state index contributed by atoms with van der Waals surface area (Å²) in [5.41, 5.74) is 0.885. The molecule has 0 atom stereocenters. The first-order chi connectivity index (χ1) is 7.47. The highest BCUT2D eigenvalue weighted by Crippen LogP contribution is 2.07. The maximum absolute atomic E-state index is 11.5. The molecule has 0 unspecified atom stereocenters. The lowest BCUT2D eigenvalue weighted by atomic mass is 10.7. The number of rotatable bonds is 3. The number of aromatic nitrogens is 3. The molecule has 0 saturated carbocycles. The van der Waals surface area contributed by atoms with Crippen LogP contribution in [-0.4, -0.2) is 26.0 Å². The number of aryl methyl sites for hydroxylation is 1. The van der Waals surface area contributed by atoms with Crippen LogP contribution in [0.4, 0.5) is 0 Å². The van der Waals surface area contributed by atoms with Crippen LogP contribution in [0.25, 0.3) is 0 Å². The SMILES string of the molecule is Cn1nc(SCC(=O)NN)c(=O)n(C)c1=O. The zero-order valence-corrected chi connectivity index (χ0v) is 9.58. The molecule has 3 N–H and O–H groups in total. The highest BCUT2D eigenvalue weighted by molar-refractivity contribution is 7.99. The molecule has 0 fully saturated rings. The summed E-state index contributed by atoms with van der Waals surface area (Å²) in [6, 6.07) is 0. The summed E-state index contributed by atoms with van der Waals surface area (Å²) in [5.74, 6) is 4.43. The van der Waals surface area contributed by atoms with Crippen LogP contribution in [0, 0.1) is 0 Å². The molecule has 0 bridgehead atoms. The van der Waals surface area contributed by atoms with Gasteiger partial charge >= 0.3 is 5.69 Å². The molecule has 0 radical (unpaired) electrons. The molecule has 1 rings (SSSR count). The summed E-state index contributed by atoms with van der Waals surface area (Å²) in [6.45, 7) is 0. The lowest BCUT2D eigenvalue weighted by Crippen LogP contribution is -2.39. The van der Waals surface area contributed by atoms with E-state index in [0.717, 1.165) is 21.0 Å². The molecule has 0 aromatic carbocycles. The van der Waals surface area contributed by atoms with Gasteiger partial charge in [0.1, 0.15) is 0 Å². The first kappa shape index (κ1) is 12.5. The zero-order valence-electron chi connectivity index (χ0n) is 8.76. The van der Waals surface area contributed by atoms with Crippen molar-refractivity contribution < 1.29 is 4.79 Å². The van der Waals surface area contributed by atoms with Gasteiger partial charge in [0, 0.05) is 14.1 Å². The third-order valence-corrected chi connectivity index (χ3v) is 2.73. The summed E-state index contributed by atoms with van der Waals surface area (Å²) in [5, 5.41) is 3.83. The number of amides is 1. The van der Waals surface area contributed by atoms with Crippen LogP contribution >= 0.6 is 11.8 Å². The lowest BCUT2D eigenvalue weighted by molar-refractivity contribution is -0.118. The van der Waals surface area contributed by atoms with Crippen LogP contribution in [0.3, 0.4) is 0 Å². The van der Waals surface area contributed by atoms with E-state index in [0.29, 0.717) is 0 Å². The Hall–Kier alpha value is -1.61. The Balaban J connectivity index is 3.03. The van der Waals surface area contributed by atoms with Gasteiger partial charge in [-0.15, -0.1) is 0 Å². The van der Waals surface area contributed by atoms with Crippen molar-refractivity contribution in [3.8, 4) is 0 Å². The third-order valence-electron chi connectivity index (χ3n) is 1.79. The molecule has 16 heavy (non-hydrogen) atoms. The number of thioether (sulfide) groups is 1. The second-order valence-corrected chi connectivity index (χ2v) is 3.90. The highest BCUT2D eigenvalue weighted by Gasteiger charge is 2.10. The quantitative estimate of drug-likeness (QED) is 0.265. The van der Waals surface area contributed by atoms with Gasteiger partial charge in [-0.1, -0.05) is 11.8 Å². The van der Waals surface area contributed by atoms with Crippen LogP contribution in [0.5, 0.6) is 0 Å². The van der Waals surface area contributed by atoms with Gasteiger partial charge < -0.3 is 0 Å². The number of nitrogens with zero attached hydrogens (tertiary/aromatic N) is 3. The van der Waals surface area contributed by atoms with E-state index in [9.17, 15) is 14.4 Å². The van der Waals surface area contributed by atoms with Crippen LogP contribution in [0.15, 0.2) is 14.6 Å². The minimum absolute atomic E-state index is 0.0308. The van der Waals surface area contributed by atoms with Gasteiger partial charge in [-0.2, -0.15) is 5.10 Å². The largest absolute Gasteiger partial charge is 0.346 e. The van der Waals surface area contributed by atoms with E-state index in [1.54, 1.807) is 0 Å². The molecule has 1 heterocycles. The van der Waals surface area contributed by atoms with Gasteiger partial charge in [0.2, 0.25) is 5.91 Å². The van der Waals surface area contributed by atoms with Gasteiger partial charge in [0.15, 0.2) is 5.03 Å². The van der Waals surface area contributed by atoms with Crippen molar-refractivity contribution in [2.24, 2.45) is 19.9 Å². The molecule has 8 nitrogen and oxygen atoms in total. The lowest BCUT2D eigenvalue weighted by Gasteiger charge is -2.04. The summed E-state index contributed by atoms with van der Waals surface area (Å²) in [7, 11) is 2.77. The second kappa shape index (κ2) is 4.94. The molecule has 0 saturated heterocycles. The van der Waals surface area contributed by atoms with Crippen molar-refractivity contribution in [3.05, 3.63) is 20.8 Å². The number of nitrogens with two attached hydrogens (primary N) is 1. The van der Waals surface area contributed by atoms with E-state index in [1.807, 2.05) is 5.43 Å². The summed E-state index contributed by atoms with van der Waals surface area (Å²) in [4.78, 5) is 33.7. The molecule has 0 aliphatic heterocycles. The van der Waals surface area contributed by atoms with Crippen LogP contribution in [0.2, 0.25) is 0 Å². The molecule has 9 heteroatoms. The summed E-state index contributed by atoms with van der Waals surface area (Å²) in [6.07, 6.45) is 0. The normalized spacial score (nSPS) is 10.2. The molecular formula is C7H11N5O3S. The van der Waals surface area contributed by atoms with E-state index in [4.69, 9.17) is 5.84 Å². The number of carbonyl (C=O) groups excluding carboxylic acids is 1. The molecule has 0 aliphatic carbocycles. The predicted octanol–water partition coefficient (Wildman–Crippen LogP) is -2.44. The minimum Gasteiger partial charge on any atom is -0.294 e. The molecule has 0 aliphatic rings. The van der Waals surface area contributed by atoms with Crippen molar-refractivity contribution >= 4 is 17.7 Å². The first-order valence-corrected chi connectivity index (χ1v) is 5.22. The maximum Gasteiger partial charge on any atom is 0.346 e. The van der Waals surface area contributed by atoms with Crippen molar-refractivity contribution in [1.82, 2.24) is 19.8 Å². The monoisotopic (exact) mass is 245 g/mol. The van der Waals surface area contributed by atoms with Crippen LogP contribution in [0.1, 0.15) is 0 Å². The van der Waals surface area contributed by atoms with Crippen molar-refractivity contribution in [2.75, 3.05) is 5.75 Å². The van der Waals surface area contributed by atoms with Crippen molar-refractivity contribution in [2.45, 2.75) is 5.03 Å². The highest BCUT2D eigenvalue weighted by atomic mass is 32.2. The molecule has 88 valence electrons. The Morgan fingerprint density at radius 1 is 1.50 bits per heavy atom. The van der Waals surface area contributed by atoms with E-state index < -0.39 is 17.2 Å². The standard InChI is InChI=1S/C7H11N5O3S/c1-11-6(14)5(10-12(2)7(11)15)16-3-4(13)9-8/h3,8H2,1-2H3,(H,9,13). The molecule has 1 amide bonds. The zero-order chi connectivity index (χ0) is 12.3. The second-order valence-electron chi connectivity index (χ2n) is 2.93. The maximum atomic E-state index is 11.5. The topological polar surface area (TPSA) is 112 Å². The average molecular weight is 245 g/mol. The smallest absolute Gasteiger partial charge is 0.294 e. The summed E-state index contributed by atoms with van der Waals surface area (Å²) >= 11 is 0.921. The number of hydrazine groups is 1. The van der Waals surface area contributed by atoms with Gasteiger partial charge in [-0.05, 0) is 0 Å². The fraction of sp³-hybridized carbons (Fsp3) is 0.429. The van der Waals surface area contributed by atoms with Crippen LogP contribution < -0.4 is 22.5 Å². The third kappa shape index (κ3) is 2.49. The van der Waals surface area contributed by atoms with Gasteiger partial charge in [0.05, 0.1) is 5.75 Å². The van der Waals surface area contributed by atoms with Crippen molar-refractivity contribution in [1.29, 1.82) is 0 Å². The Labute approximate surface area is 94.4 Å². The van der Waals surface area contributed by atoms with Gasteiger partial charge in [-0.25, -0.2) is 15.3 Å².